The zero-order chi connectivity index (χ0) is 13.5. The molecule has 0 aromatic heterocycles. The van der Waals surface area contributed by atoms with E-state index in [2.05, 4.69) is 0 Å². The van der Waals surface area contributed by atoms with Crippen LogP contribution < -0.4 is 20.5 Å². The number of hydrogen-bond acceptors (Lipinski definition) is 5. The first-order valence-corrected chi connectivity index (χ1v) is 4.92. The first kappa shape index (κ1) is 13.5. The summed E-state index contributed by atoms with van der Waals surface area (Å²) in [6.07, 6.45) is 0.573. The Morgan fingerprint density at radius 3 is 2.72 bits per heavy atom. The van der Waals surface area contributed by atoms with Gasteiger partial charge in [0.1, 0.15) is 11.5 Å². The maximum absolute atomic E-state index is 11.1. The van der Waals surface area contributed by atoms with Crippen LogP contribution in [0.4, 0.5) is 4.79 Å². The maximum Gasteiger partial charge on any atom is 0.318 e. The molecule has 0 saturated heterocycles. The smallest absolute Gasteiger partial charge is 0.318 e. The van der Waals surface area contributed by atoms with Gasteiger partial charge >= 0.3 is 6.03 Å². The third-order valence-electron chi connectivity index (χ3n) is 1.97. The van der Waals surface area contributed by atoms with E-state index in [1.54, 1.807) is 6.07 Å². The molecule has 0 bridgehead atoms. The van der Waals surface area contributed by atoms with E-state index in [1.165, 1.54) is 19.2 Å². The van der Waals surface area contributed by atoms with Gasteiger partial charge in [-0.05, 0) is 18.2 Å². The lowest BCUT2D eigenvalue weighted by Gasteiger charge is -2.09. The van der Waals surface area contributed by atoms with Crippen molar-refractivity contribution in [1.82, 2.24) is 5.32 Å². The fourth-order valence-electron chi connectivity index (χ4n) is 1.19. The zero-order valence-corrected chi connectivity index (χ0v) is 9.64. The van der Waals surface area contributed by atoms with Gasteiger partial charge in [0.2, 0.25) is 0 Å². The van der Waals surface area contributed by atoms with Crippen LogP contribution in [0, 0.1) is 0 Å². The Morgan fingerprint density at radius 1 is 1.44 bits per heavy atom. The molecule has 0 atom stereocenters. The standard InChI is InChI=1S/C11H12N2O5/c1-17-8-2-3-9(7(4-8)5-14)18-6-10(15)13-11(12)16/h2-5H,6H2,1H3,(H3,12,13,15,16). The molecule has 96 valence electrons. The number of rotatable bonds is 5. The minimum Gasteiger partial charge on any atom is -0.497 e. The summed E-state index contributed by atoms with van der Waals surface area (Å²) in [5.41, 5.74) is 4.99. The Bertz CT molecular complexity index is 473. The van der Waals surface area contributed by atoms with Crippen LogP contribution in [0.3, 0.4) is 0 Å². The number of nitrogens with one attached hydrogen (secondary N) is 1. The number of benzene rings is 1. The number of urea groups is 1. The number of nitrogens with two attached hydrogens (primary N) is 1. The predicted molar refractivity (Wildman–Crippen MR) is 61.6 cm³/mol. The van der Waals surface area contributed by atoms with Crippen LogP contribution >= 0.6 is 0 Å². The number of aldehydes is 1. The maximum atomic E-state index is 11.1. The lowest BCUT2D eigenvalue weighted by Crippen LogP contribution is -2.38. The Morgan fingerprint density at radius 2 is 2.17 bits per heavy atom. The molecule has 0 aliphatic heterocycles. The Balaban J connectivity index is 2.70. The van der Waals surface area contributed by atoms with Gasteiger partial charge in [-0.1, -0.05) is 0 Å². The Labute approximate surface area is 103 Å². The molecule has 7 heteroatoms. The fourth-order valence-corrected chi connectivity index (χ4v) is 1.19. The van der Waals surface area contributed by atoms with E-state index < -0.39 is 18.5 Å². The minimum atomic E-state index is -0.964. The van der Waals surface area contributed by atoms with Gasteiger partial charge < -0.3 is 15.2 Å². The number of carbonyl (C=O) groups excluding carboxylic acids is 3. The fraction of sp³-hybridized carbons (Fsp3) is 0.182. The lowest BCUT2D eigenvalue weighted by molar-refractivity contribution is -0.121. The van der Waals surface area contributed by atoms with Gasteiger partial charge in [0.25, 0.3) is 5.91 Å². The molecule has 3 N–H and O–H groups in total. The van der Waals surface area contributed by atoms with E-state index in [9.17, 15) is 14.4 Å². The highest BCUT2D eigenvalue weighted by molar-refractivity contribution is 5.94. The van der Waals surface area contributed by atoms with Crippen molar-refractivity contribution in [2.45, 2.75) is 0 Å². The summed E-state index contributed by atoms with van der Waals surface area (Å²) in [5, 5.41) is 1.83. The molecule has 18 heavy (non-hydrogen) atoms. The van der Waals surface area contributed by atoms with Gasteiger partial charge in [-0.2, -0.15) is 0 Å². The Kier molecular flexibility index (Phi) is 4.67. The minimum absolute atomic E-state index is 0.213. The number of hydrogen-bond donors (Lipinski definition) is 2. The van der Waals surface area contributed by atoms with E-state index in [0.29, 0.717) is 12.0 Å². The molecule has 1 aromatic rings. The van der Waals surface area contributed by atoms with Crippen LogP contribution in [0.1, 0.15) is 10.4 Å². The van der Waals surface area contributed by atoms with E-state index in [4.69, 9.17) is 15.2 Å². The first-order valence-electron chi connectivity index (χ1n) is 4.92. The summed E-state index contributed by atoms with van der Waals surface area (Å²) < 4.78 is 10.0. The van der Waals surface area contributed by atoms with Gasteiger partial charge in [-0.15, -0.1) is 0 Å². The van der Waals surface area contributed by atoms with E-state index in [1.807, 2.05) is 5.32 Å². The normalized spacial score (nSPS) is 9.39. The van der Waals surface area contributed by atoms with Crippen LogP contribution in [0.5, 0.6) is 11.5 Å². The molecule has 0 spiro atoms. The summed E-state index contributed by atoms with van der Waals surface area (Å²) in [7, 11) is 1.46. The van der Waals surface area contributed by atoms with E-state index in [0.717, 1.165) is 0 Å². The van der Waals surface area contributed by atoms with Gasteiger partial charge in [0.05, 0.1) is 12.7 Å². The van der Waals surface area contributed by atoms with Crippen molar-refractivity contribution in [3.63, 3.8) is 0 Å². The number of carbonyl (C=O) groups is 3. The molecule has 0 radical (unpaired) electrons. The SMILES string of the molecule is COc1ccc(OCC(=O)NC(N)=O)c(C=O)c1. The van der Waals surface area contributed by atoms with Crippen molar-refractivity contribution in [2.75, 3.05) is 13.7 Å². The molecule has 7 nitrogen and oxygen atoms in total. The van der Waals surface area contributed by atoms with Crippen molar-refractivity contribution >= 4 is 18.2 Å². The first-order chi connectivity index (χ1) is 8.56. The summed E-state index contributed by atoms with van der Waals surface area (Å²) in [6.45, 7) is -0.421. The zero-order valence-electron chi connectivity index (χ0n) is 9.64. The molecular weight excluding hydrogens is 240 g/mol. The molecule has 0 aliphatic carbocycles. The molecule has 0 heterocycles. The van der Waals surface area contributed by atoms with Crippen LogP contribution in [-0.4, -0.2) is 31.9 Å². The van der Waals surface area contributed by atoms with Crippen molar-refractivity contribution in [1.29, 1.82) is 0 Å². The second-order valence-electron chi connectivity index (χ2n) is 3.22. The molecular formula is C11H12N2O5. The van der Waals surface area contributed by atoms with Gasteiger partial charge in [0, 0.05) is 0 Å². The second-order valence-corrected chi connectivity index (χ2v) is 3.22. The third kappa shape index (κ3) is 3.78. The average Bonchev–Trinajstić information content (AvgIpc) is 2.35. The van der Waals surface area contributed by atoms with Crippen molar-refractivity contribution in [2.24, 2.45) is 5.73 Å². The summed E-state index contributed by atoms with van der Waals surface area (Å²) >= 11 is 0. The molecule has 1 rings (SSSR count). The average molecular weight is 252 g/mol. The number of amides is 3. The highest BCUT2D eigenvalue weighted by Crippen LogP contribution is 2.22. The molecule has 0 unspecified atom stereocenters. The molecule has 0 aliphatic rings. The third-order valence-corrected chi connectivity index (χ3v) is 1.97. The van der Waals surface area contributed by atoms with Crippen LogP contribution in [0.15, 0.2) is 18.2 Å². The van der Waals surface area contributed by atoms with E-state index >= 15 is 0 Å². The number of primary amides is 1. The number of ether oxygens (including phenoxy) is 2. The van der Waals surface area contributed by atoms with Gasteiger partial charge in [-0.3, -0.25) is 14.9 Å². The van der Waals surface area contributed by atoms with Crippen LogP contribution in [-0.2, 0) is 4.79 Å². The summed E-state index contributed by atoms with van der Waals surface area (Å²) in [4.78, 5) is 32.3. The molecule has 0 saturated carbocycles. The number of methoxy groups -OCH3 is 1. The van der Waals surface area contributed by atoms with E-state index in [-0.39, 0.29) is 11.3 Å². The molecule has 0 fully saturated rings. The van der Waals surface area contributed by atoms with Gasteiger partial charge in [-0.25, -0.2) is 4.79 Å². The topological polar surface area (TPSA) is 108 Å². The quantitative estimate of drug-likeness (QED) is 0.721. The molecule has 3 amide bonds. The number of imide groups is 1. The lowest BCUT2D eigenvalue weighted by atomic mass is 10.2. The highest BCUT2D eigenvalue weighted by atomic mass is 16.5. The Hall–Kier alpha value is -2.57. The van der Waals surface area contributed by atoms with Crippen molar-refractivity contribution < 1.29 is 23.9 Å². The van der Waals surface area contributed by atoms with Crippen molar-refractivity contribution in [3.8, 4) is 11.5 Å². The largest absolute Gasteiger partial charge is 0.497 e. The van der Waals surface area contributed by atoms with Gasteiger partial charge in [0.15, 0.2) is 12.9 Å². The van der Waals surface area contributed by atoms with Crippen LogP contribution in [0.2, 0.25) is 0 Å². The molecule has 1 aromatic carbocycles. The van der Waals surface area contributed by atoms with Crippen LogP contribution in [0.25, 0.3) is 0 Å². The van der Waals surface area contributed by atoms with Crippen molar-refractivity contribution in [3.05, 3.63) is 23.8 Å². The highest BCUT2D eigenvalue weighted by Gasteiger charge is 2.09. The second kappa shape index (κ2) is 6.24. The summed E-state index contributed by atoms with van der Waals surface area (Å²) in [5.74, 6) is 0.00613. The summed E-state index contributed by atoms with van der Waals surface area (Å²) in [6, 6.07) is 3.57. The predicted octanol–water partition coefficient (Wildman–Crippen LogP) is 0.0814. The monoisotopic (exact) mass is 252 g/mol.